The molecule has 0 saturated carbocycles. The minimum atomic E-state index is -0.226. The first-order chi connectivity index (χ1) is 9.83. The average molecular weight is 286 g/mol. The predicted octanol–water partition coefficient (Wildman–Crippen LogP) is 3.61. The van der Waals surface area contributed by atoms with E-state index in [4.69, 9.17) is 9.47 Å². The van der Waals surface area contributed by atoms with Crippen LogP contribution >= 0.6 is 11.8 Å². The highest BCUT2D eigenvalue weighted by atomic mass is 32.2. The van der Waals surface area contributed by atoms with Gasteiger partial charge in [0.2, 0.25) is 0 Å². The summed E-state index contributed by atoms with van der Waals surface area (Å²) in [6.07, 6.45) is 2.04. The summed E-state index contributed by atoms with van der Waals surface area (Å²) >= 11 is 1.60. The molecule has 0 spiro atoms. The molecule has 2 unspecified atom stereocenters. The number of hydrogen-bond acceptors (Lipinski definition) is 4. The van der Waals surface area contributed by atoms with Gasteiger partial charge in [-0.15, -0.1) is 0 Å². The fourth-order valence-corrected chi connectivity index (χ4v) is 4.05. The number of esters is 1. The Bertz CT molecular complexity index is 676. The molecule has 0 bridgehead atoms. The maximum atomic E-state index is 12.4. The van der Waals surface area contributed by atoms with Crippen molar-refractivity contribution in [2.45, 2.75) is 29.3 Å². The third-order valence-corrected chi connectivity index (χ3v) is 5.06. The van der Waals surface area contributed by atoms with E-state index in [1.807, 2.05) is 30.3 Å². The van der Waals surface area contributed by atoms with Gasteiger partial charge >= 0.3 is 5.97 Å². The third kappa shape index (κ3) is 1.91. The second-order valence-corrected chi connectivity index (χ2v) is 6.24. The largest absolute Gasteiger partial charge is 0.444 e. The molecule has 0 aromatic heterocycles. The molecule has 3 nitrogen and oxygen atoms in total. The van der Waals surface area contributed by atoms with Crippen molar-refractivity contribution in [1.82, 2.24) is 0 Å². The van der Waals surface area contributed by atoms with E-state index in [0.29, 0.717) is 5.56 Å². The Morgan fingerprint density at radius 1 is 1.15 bits per heavy atom. The Morgan fingerprint density at radius 2 is 2.05 bits per heavy atom. The van der Waals surface area contributed by atoms with E-state index in [1.165, 1.54) is 0 Å². The van der Waals surface area contributed by atoms with Gasteiger partial charge in [-0.05, 0) is 29.7 Å². The smallest absolute Gasteiger partial charge is 0.341 e. The van der Waals surface area contributed by atoms with Crippen LogP contribution < -0.4 is 0 Å². The first-order valence-electron chi connectivity index (χ1n) is 6.84. The number of rotatable bonds is 1. The van der Waals surface area contributed by atoms with Gasteiger partial charge in [0.25, 0.3) is 0 Å². The van der Waals surface area contributed by atoms with Crippen LogP contribution in [0.15, 0.2) is 41.3 Å². The lowest BCUT2D eigenvalue weighted by atomic mass is 10.0. The number of thioether (sulfide) groups is 1. The SMILES string of the molecule is O=C1OC(C2CCCO2)Sc2ccc3ccccc3c21. The fourth-order valence-electron chi connectivity index (χ4n) is 2.84. The summed E-state index contributed by atoms with van der Waals surface area (Å²) in [6.45, 7) is 0.768. The molecule has 2 heterocycles. The monoisotopic (exact) mass is 286 g/mol. The molecule has 0 aliphatic carbocycles. The predicted molar refractivity (Wildman–Crippen MR) is 78.0 cm³/mol. The Kier molecular flexibility index (Phi) is 2.93. The molecule has 2 atom stereocenters. The number of hydrogen-bond donors (Lipinski definition) is 0. The van der Waals surface area contributed by atoms with Crippen molar-refractivity contribution in [3.05, 3.63) is 42.0 Å². The van der Waals surface area contributed by atoms with Gasteiger partial charge in [-0.1, -0.05) is 42.1 Å². The lowest BCUT2D eigenvalue weighted by Gasteiger charge is -2.28. The molecule has 0 radical (unpaired) electrons. The molecule has 4 heteroatoms. The molecule has 20 heavy (non-hydrogen) atoms. The lowest BCUT2D eigenvalue weighted by molar-refractivity contribution is 0.00231. The summed E-state index contributed by atoms with van der Waals surface area (Å²) < 4.78 is 11.2. The molecule has 102 valence electrons. The van der Waals surface area contributed by atoms with Crippen LogP contribution in [0.2, 0.25) is 0 Å². The minimum Gasteiger partial charge on any atom is -0.444 e. The summed E-state index contributed by atoms with van der Waals surface area (Å²) in [4.78, 5) is 13.4. The van der Waals surface area contributed by atoms with Crippen LogP contribution in [0.4, 0.5) is 0 Å². The molecule has 2 aromatic carbocycles. The maximum Gasteiger partial charge on any atom is 0.341 e. The van der Waals surface area contributed by atoms with Crippen LogP contribution in [0.25, 0.3) is 10.8 Å². The Hall–Kier alpha value is -1.52. The zero-order valence-electron chi connectivity index (χ0n) is 10.9. The molecule has 0 N–H and O–H groups in total. The fraction of sp³-hybridized carbons (Fsp3) is 0.312. The summed E-state index contributed by atoms with van der Waals surface area (Å²) in [7, 11) is 0. The van der Waals surface area contributed by atoms with Crippen LogP contribution in [0, 0.1) is 0 Å². The number of cyclic esters (lactones) is 1. The van der Waals surface area contributed by atoms with Gasteiger partial charge in [-0.25, -0.2) is 4.79 Å². The van der Waals surface area contributed by atoms with E-state index < -0.39 is 0 Å². The van der Waals surface area contributed by atoms with E-state index in [9.17, 15) is 4.79 Å². The highest BCUT2D eigenvalue weighted by Gasteiger charge is 2.36. The van der Waals surface area contributed by atoms with Crippen molar-refractivity contribution >= 4 is 28.5 Å². The minimum absolute atomic E-state index is 0.0311. The highest BCUT2D eigenvalue weighted by Crippen LogP contribution is 2.40. The molecule has 1 fully saturated rings. The second-order valence-electron chi connectivity index (χ2n) is 5.10. The van der Waals surface area contributed by atoms with Gasteiger partial charge in [-0.3, -0.25) is 0 Å². The van der Waals surface area contributed by atoms with Gasteiger partial charge in [0.1, 0.15) is 6.10 Å². The molecule has 2 aliphatic heterocycles. The molecular weight excluding hydrogens is 272 g/mol. The molecule has 2 aliphatic rings. The number of carbonyl (C=O) groups excluding carboxylic acids is 1. The number of fused-ring (bicyclic) bond motifs is 3. The van der Waals surface area contributed by atoms with Crippen LogP contribution in [0.3, 0.4) is 0 Å². The highest BCUT2D eigenvalue weighted by molar-refractivity contribution is 8.00. The van der Waals surface area contributed by atoms with Crippen molar-refractivity contribution in [3.63, 3.8) is 0 Å². The van der Waals surface area contributed by atoms with Gasteiger partial charge in [0.15, 0.2) is 5.44 Å². The standard InChI is InChI=1S/C16H14O3S/c17-15-14-11-5-2-1-4-10(11)7-8-13(14)20-16(19-15)12-6-3-9-18-12/h1-2,4-5,7-8,12,16H,3,6,9H2. The summed E-state index contributed by atoms with van der Waals surface area (Å²) in [5.41, 5.74) is 0.487. The molecular formula is C16H14O3S. The Labute approximate surface area is 121 Å². The van der Waals surface area contributed by atoms with Crippen molar-refractivity contribution in [2.24, 2.45) is 0 Å². The molecule has 2 aromatic rings. The van der Waals surface area contributed by atoms with E-state index in [-0.39, 0.29) is 17.5 Å². The number of benzene rings is 2. The van der Waals surface area contributed by atoms with Crippen LogP contribution in [-0.2, 0) is 9.47 Å². The van der Waals surface area contributed by atoms with Gasteiger partial charge in [-0.2, -0.15) is 0 Å². The zero-order valence-corrected chi connectivity index (χ0v) is 11.7. The van der Waals surface area contributed by atoms with Gasteiger partial charge < -0.3 is 9.47 Å². The van der Waals surface area contributed by atoms with Crippen molar-refractivity contribution < 1.29 is 14.3 Å². The number of ether oxygens (including phenoxy) is 2. The second kappa shape index (κ2) is 4.79. The van der Waals surface area contributed by atoms with Crippen molar-refractivity contribution in [1.29, 1.82) is 0 Å². The summed E-state index contributed by atoms with van der Waals surface area (Å²) in [6, 6.07) is 12.0. The zero-order chi connectivity index (χ0) is 13.5. The Balaban J connectivity index is 1.77. The van der Waals surface area contributed by atoms with E-state index in [2.05, 4.69) is 6.07 Å². The molecule has 4 rings (SSSR count). The quantitative estimate of drug-likeness (QED) is 0.750. The topological polar surface area (TPSA) is 35.5 Å². The average Bonchev–Trinajstić information content (AvgIpc) is 3.01. The van der Waals surface area contributed by atoms with Gasteiger partial charge in [0, 0.05) is 11.5 Å². The first-order valence-corrected chi connectivity index (χ1v) is 7.72. The van der Waals surface area contributed by atoms with Crippen molar-refractivity contribution in [3.8, 4) is 0 Å². The van der Waals surface area contributed by atoms with E-state index in [0.717, 1.165) is 35.1 Å². The van der Waals surface area contributed by atoms with E-state index >= 15 is 0 Å². The Morgan fingerprint density at radius 3 is 2.90 bits per heavy atom. The number of carbonyl (C=O) groups is 1. The van der Waals surface area contributed by atoms with Crippen molar-refractivity contribution in [2.75, 3.05) is 6.61 Å². The maximum absolute atomic E-state index is 12.4. The molecule has 1 saturated heterocycles. The molecule has 0 amide bonds. The summed E-state index contributed by atoms with van der Waals surface area (Å²) in [5.74, 6) is -0.226. The van der Waals surface area contributed by atoms with Gasteiger partial charge in [0.05, 0.1) is 5.56 Å². The van der Waals surface area contributed by atoms with E-state index in [1.54, 1.807) is 11.8 Å². The van der Waals surface area contributed by atoms with Crippen LogP contribution in [-0.4, -0.2) is 24.1 Å². The normalized spacial score (nSPS) is 25.5. The van der Waals surface area contributed by atoms with Crippen LogP contribution in [0.5, 0.6) is 0 Å². The first kappa shape index (κ1) is 12.2. The lowest BCUT2D eigenvalue weighted by Crippen LogP contribution is -2.31. The third-order valence-electron chi connectivity index (χ3n) is 3.83. The van der Waals surface area contributed by atoms with Crippen LogP contribution in [0.1, 0.15) is 23.2 Å². The summed E-state index contributed by atoms with van der Waals surface area (Å²) in [5, 5.41) is 2.03.